The van der Waals surface area contributed by atoms with E-state index in [4.69, 9.17) is 5.41 Å². The Bertz CT molecular complexity index is 105. The van der Waals surface area contributed by atoms with E-state index in [1.165, 1.54) is 0 Å². The van der Waals surface area contributed by atoms with Crippen LogP contribution in [0, 0.1) is 13.5 Å². The van der Waals surface area contributed by atoms with E-state index < -0.39 is 0 Å². The van der Waals surface area contributed by atoms with Crippen LogP contribution in [0.4, 0.5) is 0 Å². The van der Waals surface area contributed by atoms with Crippen molar-refractivity contribution in [3.05, 3.63) is 24.5 Å². The summed E-state index contributed by atoms with van der Waals surface area (Å²) in [6.07, 6.45) is 2.79. The smallest absolute Gasteiger partial charge is 0 e. The van der Waals surface area contributed by atoms with Gasteiger partial charge in [0.2, 0.25) is 0 Å². The van der Waals surface area contributed by atoms with Crippen LogP contribution in [0.1, 0.15) is 20.8 Å². The predicted octanol–water partition coefficient (Wildman–Crippen LogP) is 2.23. The number of hydrogen-bond donors (Lipinski definition) is 0. The van der Waals surface area contributed by atoms with E-state index in [2.05, 4.69) is 6.08 Å². The summed E-state index contributed by atoms with van der Waals surface area (Å²) in [7, 11) is 0. The Hall–Kier alpha value is -0.00558. The van der Waals surface area contributed by atoms with Crippen molar-refractivity contribution in [2.45, 2.75) is 20.8 Å². The van der Waals surface area contributed by atoms with E-state index in [0.717, 1.165) is 5.57 Å². The van der Waals surface area contributed by atoms with Crippen LogP contribution < -0.4 is 0 Å². The predicted molar refractivity (Wildman–Crippen MR) is 38.6 cm³/mol. The summed E-state index contributed by atoms with van der Waals surface area (Å²) in [6.45, 7) is 5.23. The standard InChI is InChI=1S/C6H9N.CH3.V/c1-4-5(2)6(3)7;;/h1-3H3;1H3;/q-2;-1;. The molecule has 9 heavy (non-hydrogen) atoms. The molecule has 0 bridgehead atoms. The summed E-state index contributed by atoms with van der Waals surface area (Å²) in [5, 5.41) is 8.64. The van der Waals surface area contributed by atoms with Gasteiger partial charge in [-0.15, -0.1) is 13.8 Å². The van der Waals surface area contributed by atoms with Crippen LogP contribution in [0.5, 0.6) is 0 Å². The zero-order chi connectivity index (χ0) is 5.86. The molecule has 2 heteroatoms. The van der Waals surface area contributed by atoms with Gasteiger partial charge in [0.1, 0.15) is 0 Å². The van der Waals surface area contributed by atoms with Gasteiger partial charge < -0.3 is 18.5 Å². The molecule has 0 heterocycles. The van der Waals surface area contributed by atoms with Gasteiger partial charge in [-0.05, 0) is 0 Å². The summed E-state index contributed by atoms with van der Waals surface area (Å²) in [5.74, 6) is 0. The Morgan fingerprint density at radius 3 is 1.67 bits per heavy atom. The third kappa shape index (κ3) is 7.99. The third-order valence-electron chi connectivity index (χ3n) is 0.918. The molecule has 0 aromatic rings. The molecule has 0 atom stereocenters. The minimum atomic E-state index is 0. The van der Waals surface area contributed by atoms with Crippen molar-refractivity contribution >= 4 is 5.71 Å². The van der Waals surface area contributed by atoms with Crippen molar-refractivity contribution in [2.75, 3.05) is 0 Å². The van der Waals surface area contributed by atoms with E-state index in [1.54, 1.807) is 13.8 Å². The fourth-order valence-electron chi connectivity index (χ4n) is 0.181. The van der Waals surface area contributed by atoms with Crippen molar-refractivity contribution in [1.29, 1.82) is 0 Å². The first kappa shape index (κ1) is 16.0. The van der Waals surface area contributed by atoms with Crippen LogP contribution >= 0.6 is 0 Å². The monoisotopic (exact) mass is 161 g/mol. The third-order valence-corrected chi connectivity index (χ3v) is 0.918. The normalized spacial score (nSPS) is 9.00. The quantitative estimate of drug-likeness (QED) is 0.415. The van der Waals surface area contributed by atoms with Gasteiger partial charge in [0.15, 0.2) is 0 Å². The molecular formula is C7H12NV-3. The Labute approximate surface area is 69.9 Å². The number of hydrogen-bond acceptors (Lipinski definition) is 0. The van der Waals surface area contributed by atoms with Gasteiger partial charge in [0, 0.05) is 18.6 Å². The van der Waals surface area contributed by atoms with Gasteiger partial charge >= 0.3 is 0 Å². The fraction of sp³-hybridized carbons (Fsp3) is 0.429. The topological polar surface area (TPSA) is 22.3 Å². The Morgan fingerprint density at radius 1 is 1.33 bits per heavy atom. The minimum absolute atomic E-state index is 0. The molecule has 0 fully saturated rings. The van der Waals surface area contributed by atoms with E-state index in [9.17, 15) is 0 Å². The molecule has 0 amide bonds. The fourth-order valence-corrected chi connectivity index (χ4v) is 0.181. The maximum absolute atomic E-state index is 8.64. The average Bonchev–Trinajstić information content (AvgIpc) is 1.65. The zero-order valence-corrected chi connectivity index (χ0v) is 7.79. The maximum atomic E-state index is 8.64. The van der Waals surface area contributed by atoms with E-state index in [-0.39, 0.29) is 26.0 Å². The summed E-state index contributed by atoms with van der Waals surface area (Å²) in [5.41, 5.74) is 1.17. The van der Waals surface area contributed by atoms with Gasteiger partial charge in [-0.25, -0.2) is 5.57 Å². The Balaban J connectivity index is -0.000000180. The average molecular weight is 161 g/mol. The first-order chi connectivity index (χ1) is 3.18. The van der Waals surface area contributed by atoms with Crippen LogP contribution in [0.2, 0.25) is 0 Å². The minimum Gasteiger partial charge on any atom is -0.908 e. The van der Waals surface area contributed by atoms with Crippen LogP contribution in [0.25, 0.3) is 5.41 Å². The molecule has 0 unspecified atom stereocenters. The van der Waals surface area contributed by atoms with Gasteiger partial charge in [0.05, 0.1) is 0 Å². The summed E-state index contributed by atoms with van der Waals surface area (Å²) < 4.78 is 0. The molecule has 0 aliphatic rings. The zero-order valence-electron chi connectivity index (χ0n) is 6.39. The van der Waals surface area contributed by atoms with Crippen molar-refractivity contribution in [1.82, 2.24) is 0 Å². The molecule has 1 radical (unpaired) electrons. The van der Waals surface area contributed by atoms with Crippen molar-refractivity contribution in [3.8, 4) is 0 Å². The second kappa shape index (κ2) is 7.99. The molecule has 0 aromatic carbocycles. The van der Waals surface area contributed by atoms with Gasteiger partial charge in [-0.2, -0.15) is 0 Å². The second-order valence-corrected chi connectivity index (χ2v) is 1.46. The molecular weight excluding hydrogens is 149 g/mol. The first-order valence-corrected chi connectivity index (χ1v) is 2.22. The van der Waals surface area contributed by atoms with Gasteiger partial charge in [0.25, 0.3) is 0 Å². The molecule has 0 rings (SSSR count). The molecule has 0 spiro atoms. The number of allylic oxidation sites excluding steroid dienone is 2. The Morgan fingerprint density at radius 2 is 1.67 bits per heavy atom. The molecule has 53 valence electrons. The first-order valence-electron chi connectivity index (χ1n) is 2.22. The maximum Gasteiger partial charge on any atom is 0 e. The van der Waals surface area contributed by atoms with Crippen molar-refractivity contribution < 1.29 is 18.6 Å². The van der Waals surface area contributed by atoms with Crippen molar-refractivity contribution in [3.63, 3.8) is 0 Å². The molecule has 0 aromatic heterocycles. The van der Waals surface area contributed by atoms with Crippen molar-refractivity contribution in [2.24, 2.45) is 0 Å². The van der Waals surface area contributed by atoms with E-state index in [1.807, 2.05) is 6.92 Å². The molecule has 0 N–H and O–H groups in total. The number of nitrogens with zero attached hydrogens (tertiary/aromatic N) is 1. The summed E-state index contributed by atoms with van der Waals surface area (Å²) >= 11 is 0. The number of rotatable bonds is 1. The van der Waals surface area contributed by atoms with Crippen LogP contribution in [-0.4, -0.2) is 5.71 Å². The second-order valence-electron chi connectivity index (χ2n) is 1.46. The molecule has 1 nitrogen and oxygen atoms in total. The van der Waals surface area contributed by atoms with Crippen LogP contribution in [0.3, 0.4) is 0 Å². The van der Waals surface area contributed by atoms with Crippen LogP contribution in [0.15, 0.2) is 5.57 Å². The Kier molecular flexibility index (Phi) is 14.2. The molecule has 0 aliphatic heterocycles. The molecule has 0 saturated carbocycles. The van der Waals surface area contributed by atoms with E-state index >= 15 is 0 Å². The van der Waals surface area contributed by atoms with E-state index in [0.29, 0.717) is 5.71 Å². The van der Waals surface area contributed by atoms with Crippen LogP contribution in [-0.2, 0) is 18.6 Å². The largest absolute Gasteiger partial charge is 0.908 e. The van der Waals surface area contributed by atoms with Gasteiger partial charge in [-0.1, -0.05) is 6.92 Å². The SMILES string of the molecule is C[C-]=C(C)C(C)=[N-].[CH3-].[V]. The summed E-state index contributed by atoms with van der Waals surface area (Å²) in [4.78, 5) is 0. The van der Waals surface area contributed by atoms with Gasteiger partial charge in [-0.3, -0.25) is 6.08 Å². The molecule has 0 aliphatic carbocycles. The summed E-state index contributed by atoms with van der Waals surface area (Å²) in [6, 6.07) is 0. The molecule has 0 saturated heterocycles.